The second-order valence-corrected chi connectivity index (χ2v) is 9.53. The van der Waals surface area contributed by atoms with Crippen molar-refractivity contribution in [2.45, 2.75) is 44.7 Å². The van der Waals surface area contributed by atoms with Crippen LogP contribution in [0.5, 0.6) is 0 Å². The van der Waals surface area contributed by atoms with Crippen LogP contribution in [-0.4, -0.2) is 66.0 Å². The highest BCUT2D eigenvalue weighted by Gasteiger charge is 2.34. The Morgan fingerprint density at radius 3 is 2.89 bits per heavy atom. The Labute approximate surface area is 202 Å². The van der Waals surface area contributed by atoms with Gasteiger partial charge in [-0.15, -0.1) is 0 Å². The quantitative estimate of drug-likeness (QED) is 0.477. The molecule has 11 nitrogen and oxygen atoms in total. The maximum Gasteiger partial charge on any atom is 0.273 e. The van der Waals surface area contributed by atoms with Gasteiger partial charge >= 0.3 is 0 Å². The molecule has 2 fully saturated rings. The number of hydrogen-bond acceptors (Lipinski definition) is 8. The molecule has 6 heterocycles. The molecule has 0 saturated carbocycles. The minimum Gasteiger partial charge on any atom is -0.356 e. The Hall–Kier alpha value is -3.73. The molecule has 11 heteroatoms. The molecule has 0 unspecified atom stereocenters. The van der Waals surface area contributed by atoms with Crippen molar-refractivity contribution >= 4 is 17.4 Å². The lowest BCUT2D eigenvalue weighted by molar-refractivity contribution is 0.0595. The largest absolute Gasteiger partial charge is 0.356 e. The van der Waals surface area contributed by atoms with Gasteiger partial charge in [0.25, 0.3) is 5.91 Å². The number of aryl methyl sites for hydroxylation is 2. The standard InChI is InChI=1S/C24H29N9O2/c1-15-13-33-21(28-23(15)31-10-7-16(25)14-31)11-18(29-33)19-5-3-4-9-32(19)24(34)22-17(12-26-30(22)2)20-6-8-27-35-20/h6,8,11-13,16,19H,3-5,7,9-10,14,25H2,1-2H3/t16-,19-/m0/s1. The molecule has 0 spiro atoms. The highest BCUT2D eigenvalue weighted by Crippen LogP contribution is 2.34. The van der Waals surface area contributed by atoms with Crippen molar-refractivity contribution in [2.24, 2.45) is 12.8 Å². The summed E-state index contributed by atoms with van der Waals surface area (Å²) in [4.78, 5) is 22.9. The van der Waals surface area contributed by atoms with Gasteiger partial charge in [-0.1, -0.05) is 5.16 Å². The molecule has 2 saturated heterocycles. The third-order valence-corrected chi connectivity index (χ3v) is 7.10. The molecule has 2 N–H and O–H groups in total. The Kier molecular flexibility index (Phi) is 5.28. The summed E-state index contributed by atoms with van der Waals surface area (Å²) in [7, 11) is 1.77. The minimum absolute atomic E-state index is 0.0889. The molecule has 4 aromatic rings. The van der Waals surface area contributed by atoms with Crippen LogP contribution >= 0.6 is 0 Å². The van der Waals surface area contributed by atoms with Crippen LogP contribution in [0.2, 0.25) is 0 Å². The molecule has 0 bridgehead atoms. The van der Waals surface area contributed by atoms with Gasteiger partial charge in [0.05, 0.1) is 29.7 Å². The van der Waals surface area contributed by atoms with Crippen LogP contribution in [-0.2, 0) is 7.05 Å². The summed E-state index contributed by atoms with van der Waals surface area (Å²) in [5.74, 6) is 1.39. The number of carbonyl (C=O) groups is 1. The van der Waals surface area contributed by atoms with Crippen LogP contribution in [0.4, 0.5) is 5.82 Å². The van der Waals surface area contributed by atoms with Gasteiger partial charge in [0.1, 0.15) is 11.5 Å². The smallest absolute Gasteiger partial charge is 0.273 e. The van der Waals surface area contributed by atoms with Gasteiger partial charge < -0.3 is 20.1 Å². The first-order valence-corrected chi connectivity index (χ1v) is 12.1. The monoisotopic (exact) mass is 475 g/mol. The average molecular weight is 476 g/mol. The van der Waals surface area contributed by atoms with Crippen LogP contribution in [0.1, 0.15) is 53.5 Å². The van der Waals surface area contributed by atoms with E-state index in [1.807, 2.05) is 21.7 Å². The number of rotatable bonds is 4. The topological polar surface area (TPSA) is 124 Å². The summed E-state index contributed by atoms with van der Waals surface area (Å²) in [6, 6.07) is 3.79. The maximum atomic E-state index is 13.8. The molecular weight excluding hydrogens is 446 g/mol. The van der Waals surface area contributed by atoms with E-state index < -0.39 is 0 Å². The molecule has 1 amide bonds. The van der Waals surface area contributed by atoms with Gasteiger partial charge in [0.15, 0.2) is 11.4 Å². The zero-order valence-corrected chi connectivity index (χ0v) is 20.0. The fourth-order valence-electron chi connectivity index (χ4n) is 5.33. The second-order valence-electron chi connectivity index (χ2n) is 9.53. The number of fused-ring (bicyclic) bond motifs is 1. The van der Waals surface area contributed by atoms with Crippen molar-refractivity contribution in [3.63, 3.8) is 0 Å². The minimum atomic E-state index is -0.139. The highest BCUT2D eigenvalue weighted by molar-refractivity contribution is 5.98. The fourth-order valence-corrected chi connectivity index (χ4v) is 5.33. The number of aromatic nitrogens is 6. The summed E-state index contributed by atoms with van der Waals surface area (Å²) < 4.78 is 8.75. The van der Waals surface area contributed by atoms with Gasteiger partial charge in [-0.3, -0.25) is 9.48 Å². The molecule has 0 aliphatic carbocycles. The predicted molar refractivity (Wildman–Crippen MR) is 129 cm³/mol. The summed E-state index contributed by atoms with van der Waals surface area (Å²) in [5, 5.41) is 13.0. The summed E-state index contributed by atoms with van der Waals surface area (Å²) in [6.07, 6.45) is 9.03. The Morgan fingerprint density at radius 1 is 1.23 bits per heavy atom. The van der Waals surface area contributed by atoms with Crippen molar-refractivity contribution in [2.75, 3.05) is 24.5 Å². The van der Waals surface area contributed by atoms with E-state index in [9.17, 15) is 4.79 Å². The molecule has 4 aromatic heterocycles. The van der Waals surface area contributed by atoms with E-state index in [2.05, 4.69) is 22.1 Å². The van der Waals surface area contributed by atoms with Crippen LogP contribution in [0.25, 0.3) is 17.0 Å². The molecular formula is C24H29N9O2. The lowest BCUT2D eigenvalue weighted by Gasteiger charge is -2.34. The number of nitrogens with zero attached hydrogens (tertiary/aromatic N) is 8. The zero-order valence-electron chi connectivity index (χ0n) is 20.0. The van der Waals surface area contributed by atoms with Crippen molar-refractivity contribution in [3.05, 3.63) is 47.7 Å². The third kappa shape index (κ3) is 3.75. The molecule has 0 aromatic carbocycles. The Balaban J connectivity index is 1.34. The number of hydrogen-bond donors (Lipinski definition) is 1. The van der Waals surface area contributed by atoms with Crippen LogP contribution in [0.3, 0.4) is 0 Å². The van der Waals surface area contributed by atoms with Crippen LogP contribution in [0.15, 0.2) is 35.2 Å². The van der Waals surface area contributed by atoms with Gasteiger partial charge in [0.2, 0.25) is 0 Å². The molecule has 2 aliphatic heterocycles. The van der Waals surface area contributed by atoms with Crippen molar-refractivity contribution in [3.8, 4) is 11.3 Å². The molecule has 2 atom stereocenters. The van der Waals surface area contributed by atoms with E-state index in [-0.39, 0.29) is 18.0 Å². The number of piperidine rings is 1. The van der Waals surface area contributed by atoms with Gasteiger partial charge in [0, 0.05) is 56.6 Å². The van der Waals surface area contributed by atoms with Crippen molar-refractivity contribution in [1.29, 1.82) is 0 Å². The number of amides is 1. The van der Waals surface area contributed by atoms with Crippen molar-refractivity contribution < 1.29 is 9.32 Å². The number of anilines is 1. The molecule has 6 rings (SSSR count). The Bertz CT molecular complexity index is 1370. The van der Waals surface area contributed by atoms with E-state index in [0.717, 1.165) is 61.5 Å². The molecule has 35 heavy (non-hydrogen) atoms. The molecule has 2 aliphatic rings. The van der Waals surface area contributed by atoms with Gasteiger partial charge in [-0.25, -0.2) is 9.50 Å². The van der Waals surface area contributed by atoms with Crippen molar-refractivity contribution in [1.82, 2.24) is 34.4 Å². The number of nitrogens with two attached hydrogens (primary N) is 1. The second kappa shape index (κ2) is 8.49. The lowest BCUT2D eigenvalue weighted by atomic mass is 9.98. The van der Waals surface area contributed by atoms with E-state index in [4.69, 9.17) is 20.3 Å². The van der Waals surface area contributed by atoms with Gasteiger partial charge in [-0.2, -0.15) is 10.2 Å². The van der Waals surface area contributed by atoms with E-state index in [0.29, 0.717) is 23.6 Å². The third-order valence-electron chi connectivity index (χ3n) is 7.10. The predicted octanol–water partition coefficient (Wildman–Crippen LogP) is 2.33. The van der Waals surface area contributed by atoms with E-state index in [1.165, 1.54) is 0 Å². The first kappa shape index (κ1) is 21.8. The van der Waals surface area contributed by atoms with Crippen LogP contribution in [0, 0.1) is 6.92 Å². The van der Waals surface area contributed by atoms with E-state index in [1.54, 1.807) is 30.2 Å². The maximum absolute atomic E-state index is 13.8. The fraction of sp³-hybridized carbons (Fsp3) is 0.458. The summed E-state index contributed by atoms with van der Waals surface area (Å²) in [5.41, 5.74) is 9.94. The lowest BCUT2D eigenvalue weighted by Crippen LogP contribution is -2.39. The first-order valence-electron chi connectivity index (χ1n) is 12.1. The highest BCUT2D eigenvalue weighted by atomic mass is 16.5. The first-order chi connectivity index (χ1) is 17.0. The SMILES string of the molecule is Cc1cn2nc([C@@H]3CCCCN3C(=O)c3c(-c4ccno4)cnn3C)cc2nc1N1CC[C@H](N)C1. The van der Waals surface area contributed by atoms with E-state index >= 15 is 0 Å². The summed E-state index contributed by atoms with van der Waals surface area (Å²) in [6.45, 7) is 4.43. The number of likely N-dealkylation sites (tertiary alicyclic amines) is 1. The number of carbonyl (C=O) groups excluding carboxylic acids is 1. The molecule has 182 valence electrons. The molecule has 0 radical (unpaired) electrons. The zero-order chi connectivity index (χ0) is 24.1. The average Bonchev–Trinajstić information content (AvgIpc) is 3.65. The summed E-state index contributed by atoms with van der Waals surface area (Å²) >= 11 is 0. The van der Waals surface area contributed by atoms with Gasteiger partial charge in [-0.05, 0) is 32.6 Å². The Morgan fingerprint density at radius 2 is 2.11 bits per heavy atom. The normalized spacial score (nSPS) is 20.8. The van der Waals surface area contributed by atoms with Crippen LogP contribution < -0.4 is 10.6 Å².